The zero-order chi connectivity index (χ0) is 18.6. The van der Waals surface area contributed by atoms with Gasteiger partial charge in [0.1, 0.15) is 24.2 Å². The Balaban J connectivity index is 1.59. The summed E-state index contributed by atoms with van der Waals surface area (Å²) in [5, 5.41) is 1.83. The van der Waals surface area contributed by atoms with E-state index in [1.54, 1.807) is 12.5 Å². The van der Waals surface area contributed by atoms with E-state index in [2.05, 4.69) is 26.8 Å². The molecule has 0 spiro atoms. The lowest BCUT2D eigenvalue weighted by molar-refractivity contribution is 0.0924. The van der Waals surface area contributed by atoms with E-state index in [-0.39, 0.29) is 11.9 Å². The van der Waals surface area contributed by atoms with Crippen LogP contribution in [-0.2, 0) is 0 Å². The van der Waals surface area contributed by atoms with Crippen LogP contribution in [0, 0.1) is 5.92 Å². The molecule has 0 radical (unpaired) electrons. The van der Waals surface area contributed by atoms with Crippen LogP contribution >= 0.6 is 0 Å². The van der Waals surface area contributed by atoms with Crippen molar-refractivity contribution in [2.24, 2.45) is 5.92 Å². The average Bonchev–Trinajstić information content (AvgIpc) is 3.25. The summed E-state index contributed by atoms with van der Waals surface area (Å²) >= 11 is 0. The molecule has 1 saturated carbocycles. The second-order valence-electron chi connectivity index (χ2n) is 7.82. The SMILES string of the molecule is CC1CCC(N(C(=O)c2cc(N3CCCCC3)ncn2)n2ccnc2)CC1. The van der Waals surface area contributed by atoms with E-state index in [0.717, 1.165) is 50.5 Å². The molecule has 1 aliphatic carbocycles. The average molecular weight is 368 g/mol. The van der Waals surface area contributed by atoms with Crippen molar-refractivity contribution >= 4 is 11.7 Å². The van der Waals surface area contributed by atoms with Gasteiger partial charge in [0.15, 0.2) is 0 Å². The van der Waals surface area contributed by atoms with Gasteiger partial charge >= 0.3 is 0 Å². The summed E-state index contributed by atoms with van der Waals surface area (Å²) in [6, 6.07) is 2.03. The number of aromatic nitrogens is 4. The second kappa shape index (κ2) is 8.06. The van der Waals surface area contributed by atoms with Crippen LogP contribution in [0.4, 0.5) is 5.82 Å². The molecule has 1 aliphatic heterocycles. The lowest BCUT2D eigenvalue weighted by atomic mass is 9.87. The number of imidazole rings is 1. The van der Waals surface area contributed by atoms with E-state index in [0.29, 0.717) is 5.69 Å². The number of rotatable bonds is 4. The summed E-state index contributed by atoms with van der Waals surface area (Å²) in [4.78, 5) is 28.6. The molecule has 144 valence electrons. The third-order valence-corrected chi connectivity index (χ3v) is 5.83. The van der Waals surface area contributed by atoms with Gasteiger partial charge in [-0.05, 0) is 50.9 Å². The Morgan fingerprint density at radius 2 is 1.89 bits per heavy atom. The summed E-state index contributed by atoms with van der Waals surface area (Å²) in [5.74, 6) is 1.51. The summed E-state index contributed by atoms with van der Waals surface area (Å²) in [7, 11) is 0. The third-order valence-electron chi connectivity index (χ3n) is 5.83. The third kappa shape index (κ3) is 3.96. The minimum absolute atomic E-state index is 0.0757. The molecule has 2 aliphatic rings. The molecule has 0 atom stereocenters. The highest BCUT2D eigenvalue weighted by molar-refractivity contribution is 6.00. The molecule has 0 N–H and O–H groups in total. The van der Waals surface area contributed by atoms with Crippen LogP contribution in [0.3, 0.4) is 0 Å². The molecule has 0 aromatic carbocycles. The van der Waals surface area contributed by atoms with Gasteiger partial charge in [-0.25, -0.2) is 24.6 Å². The van der Waals surface area contributed by atoms with Crippen molar-refractivity contribution in [3.05, 3.63) is 36.8 Å². The van der Waals surface area contributed by atoms with Crippen molar-refractivity contribution < 1.29 is 4.79 Å². The summed E-state index contributed by atoms with van der Waals surface area (Å²) in [6.07, 6.45) is 14.7. The molecule has 1 amide bonds. The predicted octanol–water partition coefficient (Wildman–Crippen LogP) is 3.02. The number of hydrogen-bond donors (Lipinski definition) is 0. The van der Waals surface area contributed by atoms with Gasteiger partial charge in [-0.15, -0.1) is 0 Å². The van der Waals surface area contributed by atoms with Gasteiger partial charge in [-0.1, -0.05) is 6.92 Å². The molecule has 4 rings (SSSR count). The minimum Gasteiger partial charge on any atom is -0.357 e. The molecule has 0 unspecified atom stereocenters. The number of anilines is 1. The van der Waals surface area contributed by atoms with Gasteiger partial charge < -0.3 is 4.90 Å². The lowest BCUT2D eigenvalue weighted by Gasteiger charge is -2.36. The number of amides is 1. The maximum atomic E-state index is 13.4. The van der Waals surface area contributed by atoms with Crippen molar-refractivity contribution in [1.82, 2.24) is 19.6 Å². The molecular weight excluding hydrogens is 340 g/mol. The van der Waals surface area contributed by atoms with E-state index >= 15 is 0 Å². The molecule has 2 fully saturated rings. The van der Waals surface area contributed by atoms with Gasteiger partial charge in [0.2, 0.25) is 0 Å². The first-order valence-corrected chi connectivity index (χ1v) is 10.1. The molecule has 2 aromatic rings. The van der Waals surface area contributed by atoms with Crippen LogP contribution in [0.5, 0.6) is 0 Å². The Hall–Kier alpha value is -2.44. The van der Waals surface area contributed by atoms with E-state index in [1.165, 1.54) is 25.6 Å². The Morgan fingerprint density at radius 3 is 2.59 bits per heavy atom. The van der Waals surface area contributed by atoms with Gasteiger partial charge in [0.25, 0.3) is 5.91 Å². The van der Waals surface area contributed by atoms with Crippen molar-refractivity contribution in [2.75, 3.05) is 23.0 Å². The van der Waals surface area contributed by atoms with Crippen LogP contribution in [-0.4, -0.2) is 44.7 Å². The minimum atomic E-state index is -0.0757. The van der Waals surface area contributed by atoms with E-state index in [9.17, 15) is 4.79 Å². The van der Waals surface area contributed by atoms with Gasteiger partial charge in [-0.3, -0.25) is 4.79 Å². The Bertz CT molecular complexity index is 748. The molecular formula is C20H28N6O. The maximum Gasteiger partial charge on any atom is 0.291 e. The van der Waals surface area contributed by atoms with Crippen LogP contribution in [0.1, 0.15) is 62.4 Å². The molecule has 2 aromatic heterocycles. The Labute approximate surface area is 160 Å². The van der Waals surface area contributed by atoms with Crippen LogP contribution in [0.25, 0.3) is 0 Å². The number of carbonyl (C=O) groups excluding carboxylic acids is 1. The van der Waals surface area contributed by atoms with E-state index in [4.69, 9.17) is 0 Å². The normalized spacial score (nSPS) is 23.2. The highest BCUT2D eigenvalue weighted by atomic mass is 16.2. The number of nitrogens with zero attached hydrogens (tertiary/aromatic N) is 6. The summed E-state index contributed by atoms with van der Waals surface area (Å²) in [6.45, 7) is 4.28. The molecule has 27 heavy (non-hydrogen) atoms. The Kier molecular flexibility index (Phi) is 5.36. The standard InChI is InChI=1S/C20H28N6O/c1-16-5-7-17(8-6-16)26(25-12-9-21-15-25)20(27)18-13-19(23-14-22-18)24-10-3-2-4-11-24/h9,12-17H,2-8,10-11H2,1H3. The van der Waals surface area contributed by atoms with E-state index < -0.39 is 0 Å². The summed E-state index contributed by atoms with van der Waals surface area (Å²) < 4.78 is 1.81. The van der Waals surface area contributed by atoms with Gasteiger partial charge in [0, 0.05) is 31.5 Å². The topological polar surface area (TPSA) is 67.2 Å². The zero-order valence-electron chi connectivity index (χ0n) is 16.0. The second-order valence-corrected chi connectivity index (χ2v) is 7.82. The number of carbonyl (C=O) groups is 1. The number of piperidine rings is 1. The van der Waals surface area contributed by atoms with Crippen LogP contribution in [0.2, 0.25) is 0 Å². The fourth-order valence-corrected chi connectivity index (χ4v) is 4.20. The zero-order valence-corrected chi connectivity index (χ0v) is 16.0. The lowest BCUT2D eigenvalue weighted by Crippen LogP contribution is -2.49. The molecule has 7 heteroatoms. The van der Waals surface area contributed by atoms with E-state index in [1.807, 2.05) is 21.9 Å². The predicted molar refractivity (Wildman–Crippen MR) is 104 cm³/mol. The molecule has 0 bridgehead atoms. The molecule has 1 saturated heterocycles. The fourth-order valence-electron chi connectivity index (χ4n) is 4.20. The van der Waals surface area contributed by atoms with Crippen LogP contribution in [0.15, 0.2) is 31.1 Å². The summed E-state index contributed by atoms with van der Waals surface area (Å²) in [5.41, 5.74) is 0.456. The largest absolute Gasteiger partial charge is 0.357 e. The van der Waals surface area contributed by atoms with Gasteiger partial charge in [0.05, 0.1) is 6.04 Å². The van der Waals surface area contributed by atoms with Gasteiger partial charge in [-0.2, -0.15) is 0 Å². The smallest absolute Gasteiger partial charge is 0.291 e. The first-order chi connectivity index (χ1) is 13.2. The van der Waals surface area contributed by atoms with Crippen molar-refractivity contribution in [1.29, 1.82) is 0 Å². The van der Waals surface area contributed by atoms with Crippen molar-refractivity contribution in [3.8, 4) is 0 Å². The fraction of sp³-hybridized carbons (Fsp3) is 0.600. The van der Waals surface area contributed by atoms with Crippen molar-refractivity contribution in [2.45, 2.75) is 57.9 Å². The first-order valence-electron chi connectivity index (χ1n) is 10.1. The first kappa shape index (κ1) is 17.9. The number of hydrogen-bond acceptors (Lipinski definition) is 5. The monoisotopic (exact) mass is 368 g/mol. The Morgan fingerprint density at radius 1 is 1.11 bits per heavy atom. The maximum absolute atomic E-state index is 13.4. The van der Waals surface area contributed by atoms with Crippen LogP contribution < -0.4 is 9.91 Å². The highest BCUT2D eigenvalue weighted by Gasteiger charge is 2.30. The molecule has 3 heterocycles. The van der Waals surface area contributed by atoms with Crippen molar-refractivity contribution in [3.63, 3.8) is 0 Å². The highest BCUT2D eigenvalue weighted by Crippen LogP contribution is 2.27. The molecule has 7 nitrogen and oxygen atoms in total. The quantitative estimate of drug-likeness (QED) is 0.830.